The Labute approximate surface area is 445 Å². The van der Waals surface area contributed by atoms with Crippen LogP contribution in [0.25, 0.3) is 0 Å². The molecule has 0 saturated heterocycles. The van der Waals surface area contributed by atoms with Crippen LogP contribution in [0.4, 0.5) is 4.79 Å². The van der Waals surface area contributed by atoms with Crippen LogP contribution in [0.15, 0.2) is 0 Å². The zero-order valence-corrected chi connectivity index (χ0v) is 47.1. The molecule has 15 heteroatoms. The Balaban J connectivity index is 1.31. The number of hydrogen-bond donors (Lipinski definition) is 1. The molecule has 0 aromatic rings. The first-order valence-electron chi connectivity index (χ1n) is 29.5. The lowest BCUT2D eigenvalue weighted by atomic mass is 9.83. The number of carbonyl (C=O) groups is 6. The van der Waals surface area contributed by atoms with Gasteiger partial charge in [0.25, 0.3) is 0 Å². The topological polar surface area (TPSA) is 190 Å². The summed E-state index contributed by atoms with van der Waals surface area (Å²) < 4.78 is 40.4. The fourth-order valence-corrected chi connectivity index (χ4v) is 11.6. The third kappa shape index (κ3) is 26.1. The number of amides is 1. The van der Waals surface area contributed by atoms with Crippen LogP contribution in [0.5, 0.6) is 0 Å². The van der Waals surface area contributed by atoms with Gasteiger partial charge in [-0.1, -0.05) is 156 Å². The highest BCUT2D eigenvalue weighted by Crippen LogP contribution is 2.33. The molecule has 74 heavy (non-hydrogen) atoms. The number of aliphatic hydroxyl groups excluding tert-OH is 1. The van der Waals surface area contributed by atoms with Gasteiger partial charge in [0.1, 0.15) is 38.1 Å². The highest BCUT2D eigenvalue weighted by molar-refractivity contribution is 5.74. The van der Waals surface area contributed by atoms with Crippen molar-refractivity contribution in [1.82, 2.24) is 4.90 Å². The Morgan fingerprint density at radius 2 is 0.811 bits per heavy atom. The van der Waals surface area contributed by atoms with E-state index in [0.717, 1.165) is 77.0 Å². The van der Waals surface area contributed by atoms with Crippen molar-refractivity contribution in [1.29, 1.82) is 0 Å². The summed E-state index contributed by atoms with van der Waals surface area (Å²) in [5, 5.41) is 11.2. The second kappa shape index (κ2) is 34.3. The zero-order chi connectivity index (χ0) is 53.9. The normalized spacial score (nSPS) is 20.4. The molecule has 4 saturated carbocycles. The Kier molecular flexibility index (Phi) is 29.3. The van der Waals surface area contributed by atoms with E-state index in [2.05, 4.69) is 0 Å². The fourth-order valence-electron chi connectivity index (χ4n) is 11.6. The van der Waals surface area contributed by atoms with Crippen LogP contribution in [-0.4, -0.2) is 110 Å². The average Bonchev–Trinajstić information content (AvgIpc) is 3.37. The monoisotopic (exact) mass is 1050 g/mol. The third-order valence-electron chi connectivity index (χ3n) is 15.9. The standard InChI is InChI=1S/C59H101NO14/c1-42(34-46-22-12-8-13-23-46)54(63)68-38-50(39-69-55(64)43(2)35-47-24-14-9-15-25-47)72-52(61)30-20-32-60(58(67)74-59(5,6)7)33-21-31-53(62)73-51(40-70-56(65)44(3)36-48-26-16-10-17-27-48)41-71-57(66)45(4)37-49-28-18-11-19-29-49/h42-52,61H,8-41H2,1-7H3. The Bertz CT molecular complexity index is 1560. The summed E-state index contributed by atoms with van der Waals surface area (Å²) in [5.74, 6) is -1.31. The average molecular weight is 1050 g/mol. The molecule has 0 spiro atoms. The van der Waals surface area contributed by atoms with Gasteiger partial charge in [-0.25, -0.2) is 4.79 Å². The summed E-state index contributed by atoms with van der Waals surface area (Å²) in [7, 11) is 0. The minimum Gasteiger partial charge on any atom is -0.463 e. The lowest BCUT2D eigenvalue weighted by Gasteiger charge is -2.28. The van der Waals surface area contributed by atoms with Gasteiger partial charge in [-0.05, 0) is 89.4 Å². The van der Waals surface area contributed by atoms with Gasteiger partial charge in [-0.2, -0.15) is 0 Å². The third-order valence-corrected chi connectivity index (χ3v) is 15.9. The molecule has 426 valence electrons. The molecule has 5 unspecified atom stereocenters. The van der Waals surface area contributed by atoms with Gasteiger partial charge in [-0.3, -0.25) is 24.0 Å². The zero-order valence-electron chi connectivity index (χ0n) is 47.1. The highest BCUT2D eigenvalue weighted by atomic mass is 16.6. The molecule has 1 N–H and O–H groups in total. The summed E-state index contributed by atoms with van der Waals surface area (Å²) >= 11 is 0. The number of aliphatic hydroxyl groups is 1. The van der Waals surface area contributed by atoms with E-state index < -0.39 is 36.2 Å². The van der Waals surface area contributed by atoms with Crippen molar-refractivity contribution in [2.75, 3.05) is 39.5 Å². The van der Waals surface area contributed by atoms with Crippen molar-refractivity contribution in [3.63, 3.8) is 0 Å². The number of hydrogen-bond acceptors (Lipinski definition) is 14. The minimum atomic E-state index is -1.34. The van der Waals surface area contributed by atoms with E-state index in [1.807, 2.05) is 27.7 Å². The molecule has 0 aromatic heterocycles. The molecule has 5 atom stereocenters. The molecule has 0 aromatic carbocycles. The smallest absolute Gasteiger partial charge is 0.410 e. The molecule has 4 aliphatic carbocycles. The molecule has 0 aliphatic heterocycles. The fraction of sp³-hybridized carbons (Fsp3) is 0.898. The van der Waals surface area contributed by atoms with Crippen LogP contribution in [-0.2, 0) is 57.1 Å². The summed E-state index contributed by atoms with van der Waals surface area (Å²) in [4.78, 5) is 81.0. The van der Waals surface area contributed by atoms with E-state index >= 15 is 0 Å². The van der Waals surface area contributed by atoms with Crippen LogP contribution in [0.1, 0.15) is 228 Å². The Morgan fingerprint density at radius 3 is 1.15 bits per heavy atom. The maximum atomic E-state index is 13.5. The van der Waals surface area contributed by atoms with Gasteiger partial charge >= 0.3 is 35.9 Å². The van der Waals surface area contributed by atoms with Crippen LogP contribution in [0.2, 0.25) is 0 Å². The van der Waals surface area contributed by atoms with Gasteiger partial charge in [0.15, 0.2) is 12.4 Å². The first-order valence-corrected chi connectivity index (χ1v) is 29.5. The lowest BCUT2D eigenvalue weighted by molar-refractivity contribution is -0.185. The predicted molar refractivity (Wildman–Crippen MR) is 282 cm³/mol. The van der Waals surface area contributed by atoms with Gasteiger partial charge in [-0.15, -0.1) is 0 Å². The summed E-state index contributed by atoms with van der Waals surface area (Å²) in [6.45, 7) is 12.2. The molecular formula is C59H101NO14. The SMILES string of the molecule is CC(CC1CCCCC1)C(=O)OCC(COC(=O)C(C)CC1CCCCC1)OC(=O)CCCN(CCCC(O)OC(COC(=O)C(C)CC1CCCCC1)COC(=O)C(C)CC1CCCCC1)C(=O)OC(C)(C)C. The van der Waals surface area contributed by atoms with Gasteiger partial charge < -0.3 is 43.2 Å². The molecule has 4 aliphatic rings. The van der Waals surface area contributed by atoms with E-state index in [1.165, 1.54) is 81.9 Å². The highest BCUT2D eigenvalue weighted by Gasteiger charge is 2.30. The van der Waals surface area contributed by atoms with Crippen molar-refractivity contribution < 1.29 is 67.0 Å². The number of ether oxygens (including phenoxy) is 7. The summed E-state index contributed by atoms with van der Waals surface area (Å²) in [6, 6.07) is 0. The quantitative estimate of drug-likeness (QED) is 0.0392. The van der Waals surface area contributed by atoms with Crippen molar-refractivity contribution in [3.05, 3.63) is 0 Å². The maximum Gasteiger partial charge on any atom is 0.410 e. The molecule has 0 bridgehead atoms. The van der Waals surface area contributed by atoms with E-state index in [-0.39, 0.29) is 113 Å². The second-order valence-corrected chi connectivity index (χ2v) is 24.1. The Hall–Kier alpha value is -3.46. The van der Waals surface area contributed by atoms with Crippen molar-refractivity contribution in [2.45, 2.75) is 252 Å². The minimum absolute atomic E-state index is 0.0861. The second-order valence-electron chi connectivity index (χ2n) is 24.1. The van der Waals surface area contributed by atoms with Crippen molar-refractivity contribution in [2.24, 2.45) is 47.3 Å². The first kappa shape index (κ1) is 63.1. The van der Waals surface area contributed by atoms with Gasteiger partial charge in [0.2, 0.25) is 0 Å². The van der Waals surface area contributed by atoms with Crippen molar-refractivity contribution in [3.8, 4) is 0 Å². The Morgan fingerprint density at radius 1 is 0.486 bits per heavy atom. The summed E-state index contributed by atoms with van der Waals surface area (Å²) in [5.41, 5.74) is -0.801. The van der Waals surface area contributed by atoms with Gasteiger partial charge in [0.05, 0.1) is 23.7 Å². The number of rotatable bonds is 31. The molecule has 4 fully saturated rings. The number of esters is 5. The first-order chi connectivity index (χ1) is 35.3. The predicted octanol–water partition coefficient (Wildman–Crippen LogP) is 12.0. The summed E-state index contributed by atoms with van der Waals surface area (Å²) in [6.07, 6.45) is 22.8. The van der Waals surface area contributed by atoms with E-state index in [0.29, 0.717) is 23.7 Å². The molecule has 15 nitrogen and oxygen atoms in total. The van der Waals surface area contributed by atoms with E-state index in [1.54, 1.807) is 20.8 Å². The maximum absolute atomic E-state index is 13.5. The van der Waals surface area contributed by atoms with Gasteiger partial charge in [0, 0.05) is 19.5 Å². The van der Waals surface area contributed by atoms with E-state index in [9.17, 15) is 33.9 Å². The lowest BCUT2D eigenvalue weighted by Crippen LogP contribution is -2.39. The number of nitrogens with zero attached hydrogens (tertiary/aromatic N) is 1. The molecule has 1 amide bonds. The van der Waals surface area contributed by atoms with Crippen molar-refractivity contribution >= 4 is 35.9 Å². The van der Waals surface area contributed by atoms with Crippen LogP contribution < -0.4 is 0 Å². The molecule has 0 heterocycles. The van der Waals surface area contributed by atoms with Crippen LogP contribution in [0.3, 0.4) is 0 Å². The number of carbonyl (C=O) groups excluding carboxylic acids is 6. The van der Waals surface area contributed by atoms with E-state index in [4.69, 9.17) is 33.2 Å². The van der Waals surface area contributed by atoms with Crippen LogP contribution in [0, 0.1) is 47.3 Å². The largest absolute Gasteiger partial charge is 0.463 e. The molecule has 4 rings (SSSR count). The molecule has 0 radical (unpaired) electrons. The van der Waals surface area contributed by atoms with Crippen LogP contribution >= 0.6 is 0 Å². The molecular weight excluding hydrogens is 947 g/mol.